The first kappa shape index (κ1) is 9.82. The number of Topliss-reactive ketones (excluding diaryl/α,β-unsaturated/α-hetero) is 1. The summed E-state index contributed by atoms with van der Waals surface area (Å²) in [6, 6.07) is 0. The molecule has 0 aliphatic carbocycles. The van der Waals surface area contributed by atoms with Gasteiger partial charge >= 0.3 is 0 Å². The lowest BCUT2D eigenvalue weighted by Crippen LogP contribution is -2.34. The minimum absolute atomic E-state index is 0.340. The Labute approximate surface area is 95.9 Å². The second-order valence-corrected chi connectivity index (χ2v) is 4.47. The molecule has 0 spiro atoms. The van der Waals surface area contributed by atoms with Gasteiger partial charge in [0.2, 0.25) is 5.95 Å². The molecule has 0 bridgehead atoms. The molecular weight excluding hydrogens is 293 g/mol. The number of hydrogen-bond donors (Lipinski definition) is 0. The number of carbonyl (C=O) groups excluding carboxylic acids is 1. The second kappa shape index (κ2) is 4.20. The van der Waals surface area contributed by atoms with Crippen LogP contribution in [0.3, 0.4) is 0 Å². The molecule has 0 saturated carbocycles. The fourth-order valence-electron chi connectivity index (χ4n) is 1.42. The zero-order valence-electron chi connectivity index (χ0n) is 7.61. The molecule has 2 heterocycles. The van der Waals surface area contributed by atoms with Crippen LogP contribution in [0.1, 0.15) is 12.8 Å². The van der Waals surface area contributed by atoms with Gasteiger partial charge in [-0.15, -0.1) is 0 Å². The highest BCUT2D eigenvalue weighted by Crippen LogP contribution is 2.13. The van der Waals surface area contributed by atoms with Crippen molar-refractivity contribution < 1.29 is 4.79 Å². The van der Waals surface area contributed by atoms with Crippen LogP contribution in [0.5, 0.6) is 0 Å². The van der Waals surface area contributed by atoms with E-state index in [4.69, 9.17) is 0 Å². The number of aromatic nitrogens is 2. The lowest BCUT2D eigenvalue weighted by Gasteiger charge is -2.25. The molecule has 0 N–H and O–H groups in total. The Kier molecular flexibility index (Phi) is 2.95. The van der Waals surface area contributed by atoms with Crippen LogP contribution in [-0.2, 0) is 4.79 Å². The van der Waals surface area contributed by atoms with E-state index in [0.29, 0.717) is 18.6 Å². The van der Waals surface area contributed by atoms with E-state index in [1.807, 2.05) is 0 Å². The number of halogens is 1. The quantitative estimate of drug-likeness (QED) is 0.733. The van der Waals surface area contributed by atoms with Gasteiger partial charge in [0.1, 0.15) is 5.78 Å². The van der Waals surface area contributed by atoms with Gasteiger partial charge in [0.25, 0.3) is 0 Å². The smallest absolute Gasteiger partial charge is 0.225 e. The Hall–Kier alpha value is -0.720. The predicted octanol–water partition coefficient (Wildman–Crippen LogP) is 1.25. The van der Waals surface area contributed by atoms with Crippen molar-refractivity contribution in [2.75, 3.05) is 18.0 Å². The van der Waals surface area contributed by atoms with Crippen molar-refractivity contribution in [2.45, 2.75) is 12.8 Å². The summed E-state index contributed by atoms with van der Waals surface area (Å²) in [6.07, 6.45) is 4.82. The Morgan fingerprint density at radius 1 is 1.21 bits per heavy atom. The lowest BCUT2D eigenvalue weighted by molar-refractivity contribution is -0.119. The van der Waals surface area contributed by atoms with E-state index < -0.39 is 0 Å². The van der Waals surface area contributed by atoms with Gasteiger partial charge in [-0.05, 0) is 22.6 Å². The first-order valence-corrected chi connectivity index (χ1v) is 5.58. The summed E-state index contributed by atoms with van der Waals surface area (Å²) in [5, 5.41) is 0. The molecule has 1 aromatic rings. The second-order valence-electron chi connectivity index (χ2n) is 3.23. The van der Waals surface area contributed by atoms with Gasteiger partial charge < -0.3 is 4.90 Å². The van der Waals surface area contributed by atoms with Crippen LogP contribution < -0.4 is 4.90 Å². The standard InChI is InChI=1S/C9H10IN3O/c10-7-5-11-9(12-6-7)13-3-1-8(14)2-4-13/h5-6H,1-4H2. The SMILES string of the molecule is O=C1CCN(c2ncc(I)cn2)CC1. The average Bonchev–Trinajstić information content (AvgIpc) is 2.21. The summed E-state index contributed by atoms with van der Waals surface area (Å²) in [6.45, 7) is 1.50. The maximum absolute atomic E-state index is 11.0. The van der Waals surface area contributed by atoms with Crippen LogP contribution in [0.15, 0.2) is 12.4 Å². The first-order chi connectivity index (χ1) is 6.75. The Balaban J connectivity index is 2.08. The number of ketones is 1. The van der Waals surface area contributed by atoms with Crippen LogP contribution in [0.2, 0.25) is 0 Å². The number of rotatable bonds is 1. The largest absolute Gasteiger partial charge is 0.340 e. The van der Waals surface area contributed by atoms with Crippen molar-refractivity contribution in [1.82, 2.24) is 9.97 Å². The van der Waals surface area contributed by atoms with Crippen LogP contribution in [0.25, 0.3) is 0 Å². The van der Waals surface area contributed by atoms with Crippen LogP contribution >= 0.6 is 22.6 Å². The van der Waals surface area contributed by atoms with Crippen molar-refractivity contribution in [3.8, 4) is 0 Å². The van der Waals surface area contributed by atoms with Gasteiger partial charge in [0.05, 0.1) is 0 Å². The number of anilines is 1. The van der Waals surface area contributed by atoms with Crippen LogP contribution in [-0.4, -0.2) is 28.8 Å². The average molecular weight is 303 g/mol. The molecular formula is C9H10IN3O. The van der Waals surface area contributed by atoms with Gasteiger partial charge in [-0.3, -0.25) is 4.79 Å². The molecule has 2 rings (SSSR count). The monoisotopic (exact) mass is 303 g/mol. The summed E-state index contributed by atoms with van der Waals surface area (Å²) >= 11 is 2.17. The predicted molar refractivity (Wildman–Crippen MR) is 61.2 cm³/mol. The molecule has 0 atom stereocenters. The fraction of sp³-hybridized carbons (Fsp3) is 0.444. The van der Waals surface area contributed by atoms with Gasteiger partial charge in [-0.25, -0.2) is 9.97 Å². The number of piperidine rings is 1. The molecule has 4 nitrogen and oxygen atoms in total. The van der Waals surface area contributed by atoms with E-state index in [9.17, 15) is 4.79 Å². The Bertz CT molecular complexity index is 328. The topological polar surface area (TPSA) is 46.1 Å². The van der Waals surface area contributed by atoms with Crippen molar-refractivity contribution in [3.05, 3.63) is 16.0 Å². The Morgan fingerprint density at radius 3 is 2.36 bits per heavy atom. The maximum Gasteiger partial charge on any atom is 0.225 e. The van der Waals surface area contributed by atoms with E-state index in [1.165, 1.54) is 0 Å². The zero-order chi connectivity index (χ0) is 9.97. The van der Waals surface area contributed by atoms with Crippen molar-refractivity contribution in [3.63, 3.8) is 0 Å². The van der Waals surface area contributed by atoms with E-state index in [1.54, 1.807) is 12.4 Å². The molecule has 1 saturated heterocycles. The number of nitrogens with zero attached hydrogens (tertiary/aromatic N) is 3. The van der Waals surface area contributed by atoms with Gasteiger partial charge in [0, 0.05) is 41.9 Å². The third kappa shape index (κ3) is 2.20. The lowest BCUT2D eigenvalue weighted by atomic mass is 10.1. The molecule has 14 heavy (non-hydrogen) atoms. The number of carbonyl (C=O) groups is 1. The van der Waals surface area contributed by atoms with Crippen molar-refractivity contribution in [2.24, 2.45) is 0 Å². The molecule has 5 heteroatoms. The summed E-state index contributed by atoms with van der Waals surface area (Å²) < 4.78 is 1.03. The minimum atomic E-state index is 0.340. The van der Waals surface area contributed by atoms with Crippen LogP contribution in [0.4, 0.5) is 5.95 Å². The third-order valence-corrected chi connectivity index (χ3v) is 2.77. The van der Waals surface area contributed by atoms with E-state index in [2.05, 4.69) is 37.5 Å². The molecule has 0 unspecified atom stereocenters. The molecule has 0 aromatic carbocycles. The van der Waals surface area contributed by atoms with E-state index in [0.717, 1.165) is 22.6 Å². The summed E-state index contributed by atoms with van der Waals surface area (Å²) in [4.78, 5) is 21.5. The zero-order valence-corrected chi connectivity index (χ0v) is 9.77. The highest BCUT2D eigenvalue weighted by Gasteiger charge is 2.17. The molecule has 0 amide bonds. The normalized spacial score (nSPS) is 17.2. The van der Waals surface area contributed by atoms with Crippen molar-refractivity contribution >= 4 is 34.3 Å². The summed E-state index contributed by atoms with van der Waals surface area (Å²) in [5.41, 5.74) is 0. The molecule has 1 fully saturated rings. The molecule has 1 aliphatic rings. The highest BCUT2D eigenvalue weighted by molar-refractivity contribution is 14.1. The van der Waals surface area contributed by atoms with Gasteiger partial charge in [0.15, 0.2) is 0 Å². The number of hydrogen-bond acceptors (Lipinski definition) is 4. The maximum atomic E-state index is 11.0. The van der Waals surface area contributed by atoms with E-state index >= 15 is 0 Å². The fourth-order valence-corrected chi connectivity index (χ4v) is 1.70. The molecule has 1 aliphatic heterocycles. The summed E-state index contributed by atoms with van der Waals surface area (Å²) in [7, 11) is 0. The Morgan fingerprint density at radius 2 is 1.79 bits per heavy atom. The first-order valence-electron chi connectivity index (χ1n) is 4.50. The molecule has 74 valence electrons. The van der Waals surface area contributed by atoms with Gasteiger partial charge in [-0.2, -0.15) is 0 Å². The molecule has 1 aromatic heterocycles. The van der Waals surface area contributed by atoms with Crippen LogP contribution in [0, 0.1) is 3.57 Å². The van der Waals surface area contributed by atoms with E-state index in [-0.39, 0.29) is 0 Å². The molecule has 0 radical (unpaired) electrons. The van der Waals surface area contributed by atoms with Crippen molar-refractivity contribution in [1.29, 1.82) is 0 Å². The highest BCUT2D eigenvalue weighted by atomic mass is 127. The van der Waals surface area contributed by atoms with Gasteiger partial charge in [-0.1, -0.05) is 0 Å². The third-order valence-electron chi connectivity index (χ3n) is 2.21. The minimum Gasteiger partial charge on any atom is -0.340 e. The summed E-state index contributed by atoms with van der Waals surface area (Å²) in [5.74, 6) is 1.07.